The molecule has 2 heterocycles. The van der Waals surface area contributed by atoms with Crippen LogP contribution < -0.4 is 15.8 Å². The van der Waals surface area contributed by atoms with Crippen LogP contribution in [0.3, 0.4) is 0 Å². The summed E-state index contributed by atoms with van der Waals surface area (Å²) in [5.74, 6) is 0.164. The smallest absolute Gasteiger partial charge is 0.206 e. The summed E-state index contributed by atoms with van der Waals surface area (Å²) in [6.45, 7) is 3.45. The second-order valence-electron chi connectivity index (χ2n) is 7.76. The summed E-state index contributed by atoms with van der Waals surface area (Å²) >= 11 is 1.14. The van der Waals surface area contributed by atoms with Crippen LogP contribution in [0.4, 0.5) is 21.0 Å². The van der Waals surface area contributed by atoms with E-state index in [1.54, 1.807) is 19.1 Å². The molecule has 0 bridgehead atoms. The van der Waals surface area contributed by atoms with Gasteiger partial charge in [0.05, 0.1) is 0 Å². The molecule has 1 saturated heterocycles. The Hall–Kier alpha value is -2.97. The minimum atomic E-state index is -0.422. The van der Waals surface area contributed by atoms with Crippen molar-refractivity contribution in [2.24, 2.45) is 0 Å². The van der Waals surface area contributed by atoms with E-state index in [-0.39, 0.29) is 22.0 Å². The van der Waals surface area contributed by atoms with Crippen LogP contribution >= 0.6 is 11.3 Å². The molecule has 31 heavy (non-hydrogen) atoms. The van der Waals surface area contributed by atoms with Crippen molar-refractivity contribution >= 4 is 33.8 Å². The van der Waals surface area contributed by atoms with E-state index in [4.69, 9.17) is 10.5 Å². The van der Waals surface area contributed by atoms with Gasteiger partial charge in [0.1, 0.15) is 28.9 Å². The molecule has 0 radical (unpaired) electrons. The molecule has 1 atom stereocenters. The predicted octanol–water partition coefficient (Wildman–Crippen LogP) is 4.62. The highest BCUT2D eigenvalue weighted by molar-refractivity contribution is 7.18. The molecule has 162 valence electrons. The summed E-state index contributed by atoms with van der Waals surface area (Å²) in [5, 5.41) is 3.66. The number of likely N-dealkylation sites (tertiary alicyclic amines) is 1. The number of anilines is 3. The first-order chi connectivity index (χ1) is 14.9. The van der Waals surface area contributed by atoms with Gasteiger partial charge in [-0.15, -0.1) is 0 Å². The maximum atomic E-state index is 13.8. The molecular weight excluding hydrogens is 415 g/mol. The maximum absolute atomic E-state index is 13.8. The van der Waals surface area contributed by atoms with Crippen LogP contribution in [0.15, 0.2) is 42.5 Å². The van der Waals surface area contributed by atoms with E-state index in [1.165, 1.54) is 12.5 Å². The van der Waals surface area contributed by atoms with Crippen LogP contribution in [-0.2, 0) is 0 Å². The Bertz CT molecular complexity index is 1080. The Kier molecular flexibility index (Phi) is 6.20. The molecule has 4 rings (SSSR count). The predicted molar refractivity (Wildman–Crippen MR) is 122 cm³/mol. The van der Waals surface area contributed by atoms with Crippen molar-refractivity contribution < 1.29 is 13.9 Å². The summed E-state index contributed by atoms with van der Waals surface area (Å²) < 4.78 is 19.7. The Morgan fingerprint density at radius 2 is 2.10 bits per heavy atom. The highest BCUT2D eigenvalue weighted by Gasteiger charge is 2.21. The van der Waals surface area contributed by atoms with Gasteiger partial charge in [0.25, 0.3) is 0 Å². The van der Waals surface area contributed by atoms with Gasteiger partial charge >= 0.3 is 0 Å². The third-order valence-corrected chi connectivity index (χ3v) is 6.50. The maximum Gasteiger partial charge on any atom is 0.206 e. The minimum absolute atomic E-state index is 0.124. The zero-order chi connectivity index (χ0) is 22.0. The number of aromatic nitrogens is 1. The number of hydrogen-bond donors (Lipinski definition) is 2. The standard InChI is InChI=1S/C23H25FN4O2S/c1-14-5-6-15(12-19(14)24)20(29)21-22(25)27-23(31-21)26-16-7-9-18(10-8-16)30-13-17-4-3-11-28(17)2/h5-10,12,17H,3-4,11,13,25H2,1-2H3,(H,26,27)/t17-/m0/s1. The molecule has 1 aliphatic heterocycles. The van der Waals surface area contributed by atoms with Crippen molar-refractivity contribution in [3.8, 4) is 5.75 Å². The van der Waals surface area contributed by atoms with Gasteiger partial charge in [0, 0.05) is 17.3 Å². The molecule has 8 heteroatoms. The molecule has 0 amide bonds. The SMILES string of the molecule is Cc1ccc(C(=O)c2sc(Nc3ccc(OC[C@@H]4CCCN4C)cc3)nc2N)cc1F. The second-order valence-corrected chi connectivity index (χ2v) is 8.76. The molecule has 1 aromatic heterocycles. The van der Waals surface area contributed by atoms with E-state index in [2.05, 4.69) is 22.2 Å². The van der Waals surface area contributed by atoms with Gasteiger partial charge in [-0.1, -0.05) is 23.5 Å². The molecule has 0 unspecified atom stereocenters. The van der Waals surface area contributed by atoms with Gasteiger partial charge in [0.2, 0.25) is 5.78 Å². The number of thiazole rings is 1. The number of nitrogens with two attached hydrogens (primary N) is 1. The number of nitrogens with one attached hydrogen (secondary N) is 1. The lowest BCUT2D eigenvalue weighted by molar-refractivity contribution is 0.104. The van der Waals surface area contributed by atoms with Crippen molar-refractivity contribution in [2.45, 2.75) is 25.8 Å². The molecule has 3 aromatic rings. The van der Waals surface area contributed by atoms with E-state index >= 15 is 0 Å². The molecule has 6 nitrogen and oxygen atoms in total. The zero-order valence-electron chi connectivity index (χ0n) is 17.5. The monoisotopic (exact) mass is 440 g/mol. The number of carbonyl (C=O) groups excluding carboxylic acids is 1. The van der Waals surface area contributed by atoms with Crippen LogP contribution in [0.25, 0.3) is 0 Å². The largest absolute Gasteiger partial charge is 0.492 e. The van der Waals surface area contributed by atoms with Crippen molar-refractivity contribution in [3.63, 3.8) is 0 Å². The normalized spacial score (nSPS) is 16.4. The minimum Gasteiger partial charge on any atom is -0.492 e. The van der Waals surface area contributed by atoms with Gasteiger partial charge in [-0.3, -0.25) is 4.79 Å². The molecular formula is C23H25FN4O2S. The van der Waals surface area contributed by atoms with Crippen LogP contribution in [0.5, 0.6) is 5.75 Å². The summed E-state index contributed by atoms with van der Waals surface area (Å²) in [7, 11) is 2.13. The molecule has 2 aromatic carbocycles. The van der Waals surface area contributed by atoms with Gasteiger partial charge < -0.3 is 20.7 Å². The number of benzene rings is 2. The number of rotatable bonds is 7. The van der Waals surface area contributed by atoms with Crippen molar-refractivity contribution in [2.75, 3.05) is 31.2 Å². The van der Waals surface area contributed by atoms with E-state index in [0.717, 1.165) is 35.7 Å². The highest BCUT2D eigenvalue weighted by atomic mass is 32.1. The molecule has 1 aliphatic rings. The lowest BCUT2D eigenvalue weighted by atomic mass is 10.1. The van der Waals surface area contributed by atoms with Gasteiger partial charge in [-0.05, 0) is 69.3 Å². The third kappa shape index (κ3) is 4.86. The fraction of sp³-hybridized carbons (Fsp3) is 0.304. The number of carbonyl (C=O) groups is 1. The van der Waals surface area contributed by atoms with Crippen molar-refractivity contribution in [1.82, 2.24) is 9.88 Å². The van der Waals surface area contributed by atoms with Crippen LogP contribution in [0.1, 0.15) is 33.6 Å². The number of nitrogen functional groups attached to an aromatic ring is 1. The fourth-order valence-corrected chi connectivity index (χ4v) is 4.42. The van der Waals surface area contributed by atoms with E-state index < -0.39 is 5.82 Å². The van der Waals surface area contributed by atoms with Crippen LogP contribution in [0.2, 0.25) is 0 Å². The zero-order valence-corrected chi connectivity index (χ0v) is 18.3. The number of aryl methyl sites for hydroxylation is 1. The first kappa shape index (κ1) is 21.3. The van der Waals surface area contributed by atoms with Crippen LogP contribution in [-0.4, -0.2) is 41.9 Å². The average molecular weight is 441 g/mol. The van der Waals surface area contributed by atoms with E-state index in [0.29, 0.717) is 23.3 Å². The molecule has 3 N–H and O–H groups in total. The number of nitrogens with zero attached hydrogens (tertiary/aromatic N) is 2. The number of ether oxygens (including phenoxy) is 1. The number of hydrogen-bond acceptors (Lipinski definition) is 7. The number of likely N-dealkylation sites (N-methyl/N-ethyl adjacent to an activating group) is 1. The summed E-state index contributed by atoms with van der Waals surface area (Å²) in [4.78, 5) is 19.6. The highest BCUT2D eigenvalue weighted by Crippen LogP contribution is 2.30. The Labute approximate surface area is 184 Å². The first-order valence-electron chi connectivity index (χ1n) is 10.2. The second kappa shape index (κ2) is 9.03. The van der Waals surface area contributed by atoms with Gasteiger partial charge in [-0.25, -0.2) is 9.37 Å². The molecule has 0 saturated carbocycles. The fourth-order valence-electron chi connectivity index (χ4n) is 3.55. The average Bonchev–Trinajstić information content (AvgIpc) is 3.33. The Balaban J connectivity index is 1.40. The summed E-state index contributed by atoms with van der Waals surface area (Å²) in [6.07, 6.45) is 2.38. The first-order valence-corrected chi connectivity index (χ1v) is 11.0. The number of ketones is 1. The van der Waals surface area contributed by atoms with Crippen LogP contribution in [0, 0.1) is 12.7 Å². The molecule has 1 fully saturated rings. The lowest BCUT2D eigenvalue weighted by Crippen LogP contribution is -2.30. The van der Waals surface area contributed by atoms with E-state index in [9.17, 15) is 9.18 Å². The summed E-state index contributed by atoms with van der Waals surface area (Å²) in [5.41, 5.74) is 7.50. The van der Waals surface area contributed by atoms with Gasteiger partial charge in [0.15, 0.2) is 5.13 Å². The van der Waals surface area contributed by atoms with Crippen molar-refractivity contribution in [1.29, 1.82) is 0 Å². The Morgan fingerprint density at radius 1 is 1.32 bits per heavy atom. The Morgan fingerprint density at radius 3 is 2.77 bits per heavy atom. The number of halogens is 1. The van der Waals surface area contributed by atoms with Crippen molar-refractivity contribution in [3.05, 3.63) is 64.3 Å². The van der Waals surface area contributed by atoms with E-state index in [1.807, 2.05) is 24.3 Å². The summed E-state index contributed by atoms with van der Waals surface area (Å²) in [6, 6.07) is 12.4. The van der Waals surface area contributed by atoms with Gasteiger partial charge in [-0.2, -0.15) is 0 Å². The topological polar surface area (TPSA) is 80.5 Å². The molecule has 0 aliphatic carbocycles. The molecule has 0 spiro atoms. The lowest BCUT2D eigenvalue weighted by Gasteiger charge is -2.19. The third-order valence-electron chi connectivity index (χ3n) is 5.51. The quantitative estimate of drug-likeness (QED) is 0.522.